The molecule has 2 amide bonds. The van der Waals surface area contributed by atoms with Crippen LogP contribution in [-0.2, 0) is 17.8 Å². The van der Waals surface area contributed by atoms with Gasteiger partial charge in [-0.25, -0.2) is 4.98 Å². The fraction of sp³-hybridized carbons (Fsp3) is 0.591. The summed E-state index contributed by atoms with van der Waals surface area (Å²) in [7, 11) is 0. The van der Waals surface area contributed by atoms with E-state index < -0.39 is 0 Å². The molecule has 3 heterocycles. The summed E-state index contributed by atoms with van der Waals surface area (Å²) in [5.74, 6) is 2.50. The number of rotatable bonds is 3. The molecule has 0 spiro atoms. The van der Waals surface area contributed by atoms with Crippen molar-refractivity contribution in [2.24, 2.45) is 23.2 Å². The number of carbonyl (C=O) groups excluding carboxylic acids is 2. The van der Waals surface area contributed by atoms with E-state index in [1.165, 1.54) is 43.1 Å². The average molecular weight is 412 g/mol. The maximum absolute atomic E-state index is 13.6. The first-order valence-corrected chi connectivity index (χ1v) is 11.5. The van der Waals surface area contributed by atoms with Crippen LogP contribution in [-0.4, -0.2) is 28.2 Å². The third-order valence-electron chi connectivity index (χ3n) is 7.51. The average Bonchev–Trinajstić information content (AvgIpc) is 3.35. The van der Waals surface area contributed by atoms with Crippen LogP contribution in [0.5, 0.6) is 0 Å². The van der Waals surface area contributed by atoms with Crippen molar-refractivity contribution in [3.63, 3.8) is 0 Å². The number of hydrogen-bond acceptors (Lipinski definition) is 5. The molecule has 29 heavy (non-hydrogen) atoms. The number of thiazole rings is 1. The van der Waals surface area contributed by atoms with Crippen LogP contribution in [0.25, 0.3) is 0 Å². The first kappa shape index (κ1) is 17.7. The van der Waals surface area contributed by atoms with Gasteiger partial charge >= 0.3 is 0 Å². The molecule has 0 aromatic carbocycles. The summed E-state index contributed by atoms with van der Waals surface area (Å²) >= 11 is 1.49. The molecular formula is C22H25N3O3S. The zero-order valence-electron chi connectivity index (χ0n) is 16.4. The number of nitrogens with zero attached hydrogens (tertiary/aromatic N) is 2. The van der Waals surface area contributed by atoms with E-state index in [0.717, 1.165) is 60.6 Å². The van der Waals surface area contributed by atoms with Crippen LogP contribution in [0.1, 0.15) is 59.5 Å². The molecule has 4 aliphatic carbocycles. The third kappa shape index (κ3) is 2.93. The molecule has 7 heteroatoms. The number of aromatic nitrogens is 1. The second-order valence-corrected chi connectivity index (χ2v) is 10.6. The van der Waals surface area contributed by atoms with Gasteiger partial charge in [0.25, 0.3) is 5.91 Å². The van der Waals surface area contributed by atoms with E-state index in [-0.39, 0.29) is 11.3 Å². The lowest BCUT2D eigenvalue weighted by atomic mass is 9.49. The number of hydrogen-bond donors (Lipinski definition) is 1. The van der Waals surface area contributed by atoms with Crippen molar-refractivity contribution in [1.29, 1.82) is 0 Å². The summed E-state index contributed by atoms with van der Waals surface area (Å²) in [6.45, 7) is 1.38. The highest BCUT2D eigenvalue weighted by atomic mass is 32.1. The van der Waals surface area contributed by atoms with Crippen molar-refractivity contribution in [3.05, 3.63) is 34.7 Å². The van der Waals surface area contributed by atoms with Gasteiger partial charge in [-0.05, 0) is 62.3 Å². The van der Waals surface area contributed by atoms with Crippen LogP contribution in [0.3, 0.4) is 0 Å². The highest BCUT2D eigenvalue weighted by molar-refractivity contribution is 7.15. The molecule has 4 bridgehead atoms. The molecule has 1 aliphatic heterocycles. The van der Waals surface area contributed by atoms with Gasteiger partial charge in [0.05, 0.1) is 29.5 Å². The van der Waals surface area contributed by atoms with Crippen molar-refractivity contribution in [3.8, 4) is 0 Å². The summed E-state index contributed by atoms with van der Waals surface area (Å²) < 4.78 is 4.97. The minimum atomic E-state index is -0.216. The smallest absolute Gasteiger partial charge is 0.260 e. The van der Waals surface area contributed by atoms with Crippen molar-refractivity contribution >= 4 is 28.3 Å². The summed E-state index contributed by atoms with van der Waals surface area (Å²) in [5.41, 5.74) is 1.42. The molecule has 0 atom stereocenters. The molecule has 2 aromatic rings. The Hall–Kier alpha value is -2.15. The Morgan fingerprint density at radius 1 is 1.17 bits per heavy atom. The third-order valence-corrected chi connectivity index (χ3v) is 8.51. The molecule has 7 rings (SSSR count). The van der Waals surface area contributed by atoms with Gasteiger partial charge in [0.2, 0.25) is 5.91 Å². The maximum atomic E-state index is 13.6. The van der Waals surface area contributed by atoms with E-state index in [9.17, 15) is 9.59 Å². The van der Waals surface area contributed by atoms with Gasteiger partial charge in [-0.3, -0.25) is 14.9 Å². The van der Waals surface area contributed by atoms with E-state index in [1.807, 2.05) is 0 Å². The lowest BCUT2D eigenvalue weighted by Crippen LogP contribution is -2.55. The Morgan fingerprint density at radius 2 is 1.90 bits per heavy atom. The Labute approximate surface area is 173 Å². The Bertz CT molecular complexity index is 929. The van der Waals surface area contributed by atoms with Crippen LogP contribution >= 0.6 is 11.3 Å². The topological polar surface area (TPSA) is 75.4 Å². The zero-order chi connectivity index (χ0) is 19.6. The predicted octanol–water partition coefficient (Wildman–Crippen LogP) is 4.09. The summed E-state index contributed by atoms with van der Waals surface area (Å²) in [5, 5.41) is 3.46. The summed E-state index contributed by atoms with van der Waals surface area (Å²) in [6.07, 6.45) is 11.1. The lowest BCUT2D eigenvalue weighted by molar-refractivity contribution is -0.158. The van der Waals surface area contributed by atoms with Crippen molar-refractivity contribution < 1.29 is 14.0 Å². The number of amides is 2. The molecule has 0 saturated heterocycles. The molecule has 6 nitrogen and oxygen atoms in total. The fourth-order valence-corrected chi connectivity index (χ4v) is 7.71. The van der Waals surface area contributed by atoms with Gasteiger partial charge in [-0.15, -0.1) is 0 Å². The van der Waals surface area contributed by atoms with Gasteiger partial charge in [0, 0.05) is 17.8 Å². The monoisotopic (exact) mass is 411 g/mol. The standard InChI is InChI=1S/C22H25N3O3S/c26-19(16-2-4-28-12-16)24-21-23-17-1-3-25(11-18(17)29-21)20(27)22-8-13-5-14(9-22)7-15(6-13)10-22/h2,4,12-15H,1,3,5-11H2,(H,23,24,26). The van der Waals surface area contributed by atoms with Gasteiger partial charge in [-0.2, -0.15) is 0 Å². The van der Waals surface area contributed by atoms with Crippen molar-refractivity contribution in [2.75, 3.05) is 11.9 Å². The van der Waals surface area contributed by atoms with Crippen LogP contribution in [0.4, 0.5) is 5.13 Å². The van der Waals surface area contributed by atoms with Crippen LogP contribution in [0, 0.1) is 23.2 Å². The maximum Gasteiger partial charge on any atom is 0.260 e. The Kier molecular flexibility index (Phi) is 3.92. The van der Waals surface area contributed by atoms with E-state index in [1.54, 1.807) is 6.07 Å². The molecule has 4 fully saturated rings. The molecule has 2 aromatic heterocycles. The predicted molar refractivity (Wildman–Crippen MR) is 109 cm³/mol. The van der Waals surface area contributed by atoms with Crippen LogP contribution in [0.2, 0.25) is 0 Å². The van der Waals surface area contributed by atoms with Gasteiger partial charge in [0.1, 0.15) is 6.26 Å². The lowest BCUT2D eigenvalue weighted by Gasteiger charge is -2.56. The van der Waals surface area contributed by atoms with Gasteiger partial charge < -0.3 is 9.32 Å². The quantitative estimate of drug-likeness (QED) is 0.825. The minimum Gasteiger partial charge on any atom is -0.472 e. The largest absolute Gasteiger partial charge is 0.472 e. The molecule has 0 radical (unpaired) electrons. The number of furan rings is 1. The normalized spacial score (nSPS) is 32.3. The Morgan fingerprint density at radius 3 is 2.55 bits per heavy atom. The van der Waals surface area contributed by atoms with Crippen molar-refractivity contribution in [2.45, 2.75) is 51.5 Å². The second kappa shape index (κ2) is 6.42. The first-order valence-electron chi connectivity index (χ1n) is 10.7. The summed E-state index contributed by atoms with van der Waals surface area (Å²) in [6, 6.07) is 1.63. The summed E-state index contributed by atoms with van der Waals surface area (Å²) in [4.78, 5) is 33.7. The molecule has 152 valence electrons. The molecule has 5 aliphatic rings. The number of carbonyl (C=O) groups is 2. The van der Waals surface area contributed by atoms with Gasteiger partial charge in [0.15, 0.2) is 5.13 Å². The molecule has 1 N–H and O–H groups in total. The van der Waals surface area contributed by atoms with E-state index in [4.69, 9.17) is 4.42 Å². The number of fused-ring (bicyclic) bond motifs is 1. The molecular weight excluding hydrogens is 386 g/mol. The van der Waals surface area contributed by atoms with E-state index in [2.05, 4.69) is 15.2 Å². The second-order valence-electron chi connectivity index (χ2n) is 9.53. The Balaban J connectivity index is 1.18. The van der Waals surface area contributed by atoms with Crippen LogP contribution < -0.4 is 5.32 Å². The van der Waals surface area contributed by atoms with Gasteiger partial charge in [-0.1, -0.05) is 11.3 Å². The minimum absolute atomic E-state index is 0.0880. The highest BCUT2D eigenvalue weighted by Gasteiger charge is 2.55. The SMILES string of the molecule is O=C(Nc1nc2c(s1)CN(C(=O)C13CC4CC(CC(C4)C1)C3)CC2)c1ccoc1. The number of anilines is 1. The molecule has 0 unspecified atom stereocenters. The zero-order valence-corrected chi connectivity index (χ0v) is 17.2. The molecule has 4 saturated carbocycles. The highest BCUT2D eigenvalue weighted by Crippen LogP contribution is 2.60. The fourth-order valence-electron chi connectivity index (χ4n) is 6.69. The van der Waals surface area contributed by atoms with Crippen molar-refractivity contribution in [1.82, 2.24) is 9.88 Å². The van der Waals surface area contributed by atoms with Crippen LogP contribution in [0.15, 0.2) is 23.0 Å². The first-order chi connectivity index (χ1) is 14.1. The van der Waals surface area contributed by atoms with E-state index in [0.29, 0.717) is 23.1 Å². The number of nitrogens with one attached hydrogen (secondary N) is 1. The van der Waals surface area contributed by atoms with E-state index >= 15 is 0 Å².